The molecule has 0 radical (unpaired) electrons. The van der Waals surface area contributed by atoms with Crippen LogP contribution in [0.3, 0.4) is 0 Å². The molecule has 162 valence electrons. The van der Waals surface area contributed by atoms with Crippen LogP contribution in [0.5, 0.6) is 0 Å². The second-order valence-electron chi connectivity index (χ2n) is 7.11. The summed E-state index contributed by atoms with van der Waals surface area (Å²) in [7, 11) is 0. The maximum Gasteiger partial charge on any atom is 0.282 e. The lowest BCUT2D eigenvalue weighted by Crippen LogP contribution is -2.58. The number of alkyl halides is 2. The number of ether oxygens (including phenoxy) is 1. The monoisotopic (exact) mass is 431 g/mol. The van der Waals surface area contributed by atoms with Gasteiger partial charge in [-0.1, -0.05) is 0 Å². The molecular weight excluding hydrogens is 412 g/mol. The van der Waals surface area contributed by atoms with Crippen LogP contribution in [0, 0.1) is 11.3 Å². The Kier molecular flexibility index (Phi) is 5.83. The molecule has 0 spiro atoms. The molecule has 1 amide bonds. The zero-order valence-electron chi connectivity index (χ0n) is 16.3. The molecule has 2 aromatic heterocycles. The fraction of sp³-hybridized carbons (Fsp3) is 0.444. The number of amides is 1. The van der Waals surface area contributed by atoms with Crippen LogP contribution in [0.25, 0.3) is 0 Å². The molecule has 3 N–H and O–H groups in total. The van der Waals surface area contributed by atoms with Crippen LogP contribution in [0.2, 0.25) is 0 Å². The predicted octanol–water partition coefficient (Wildman–Crippen LogP) is 0.373. The molecule has 2 fully saturated rings. The normalized spacial score (nSPS) is 19.8. The summed E-state index contributed by atoms with van der Waals surface area (Å²) < 4.78 is 32.0. The van der Waals surface area contributed by atoms with E-state index < -0.39 is 24.9 Å². The van der Waals surface area contributed by atoms with Gasteiger partial charge in [0, 0.05) is 25.7 Å². The molecule has 4 heterocycles. The van der Waals surface area contributed by atoms with Gasteiger partial charge in [0.05, 0.1) is 43.9 Å². The highest BCUT2D eigenvalue weighted by Crippen LogP contribution is 2.29. The van der Waals surface area contributed by atoms with Gasteiger partial charge < -0.3 is 25.6 Å². The van der Waals surface area contributed by atoms with Crippen LogP contribution in [0.4, 0.5) is 26.1 Å². The summed E-state index contributed by atoms with van der Waals surface area (Å²) in [5.74, 6) is -2.93. The van der Waals surface area contributed by atoms with Gasteiger partial charge in [0.2, 0.25) is 0 Å². The van der Waals surface area contributed by atoms with Gasteiger partial charge in [0.25, 0.3) is 11.8 Å². The number of aromatic nitrogens is 4. The molecule has 2 aliphatic rings. The third kappa shape index (κ3) is 4.98. The molecule has 4 rings (SSSR count). The Morgan fingerprint density at radius 3 is 2.81 bits per heavy atom. The Morgan fingerprint density at radius 1 is 1.32 bits per heavy atom. The van der Waals surface area contributed by atoms with Gasteiger partial charge in [-0.3, -0.25) is 4.79 Å². The minimum absolute atomic E-state index is 0.0595. The summed E-state index contributed by atoms with van der Waals surface area (Å²) in [5.41, 5.74) is 0.427. The summed E-state index contributed by atoms with van der Waals surface area (Å²) in [6, 6.07) is 3.41. The molecule has 0 saturated carbocycles. The summed E-state index contributed by atoms with van der Waals surface area (Å²) in [6.45, 7) is 1.05. The highest BCUT2D eigenvalue weighted by atomic mass is 19.3. The first-order chi connectivity index (χ1) is 14.9. The van der Waals surface area contributed by atoms with E-state index in [1.807, 2.05) is 6.07 Å². The van der Waals surface area contributed by atoms with Gasteiger partial charge in [0.1, 0.15) is 11.9 Å². The number of nitrogens with zero attached hydrogens (tertiary/aromatic N) is 6. The first-order valence-corrected chi connectivity index (χ1v) is 9.54. The second-order valence-corrected chi connectivity index (χ2v) is 7.11. The third-order valence-corrected chi connectivity index (χ3v) is 4.68. The van der Waals surface area contributed by atoms with Crippen LogP contribution < -0.4 is 16.0 Å². The van der Waals surface area contributed by atoms with Crippen molar-refractivity contribution in [1.29, 1.82) is 5.26 Å². The van der Waals surface area contributed by atoms with Crippen molar-refractivity contribution in [3.05, 3.63) is 29.8 Å². The van der Waals surface area contributed by atoms with Gasteiger partial charge in [-0.05, 0) is 0 Å². The van der Waals surface area contributed by atoms with Crippen molar-refractivity contribution in [2.45, 2.75) is 12.0 Å². The van der Waals surface area contributed by atoms with E-state index in [1.165, 1.54) is 18.5 Å². The number of morpholine rings is 1. The topological polar surface area (TPSA) is 141 Å². The third-order valence-electron chi connectivity index (χ3n) is 4.68. The summed E-state index contributed by atoms with van der Waals surface area (Å²) in [5, 5.41) is 25.9. The van der Waals surface area contributed by atoms with Gasteiger partial charge >= 0.3 is 0 Å². The van der Waals surface area contributed by atoms with Crippen LogP contribution in [0.1, 0.15) is 16.2 Å². The minimum Gasteiger partial charge on any atom is -0.380 e. The Morgan fingerprint density at radius 2 is 2.16 bits per heavy atom. The Labute approximate surface area is 175 Å². The highest BCUT2D eigenvalue weighted by molar-refractivity contribution is 5.98. The molecule has 31 heavy (non-hydrogen) atoms. The highest BCUT2D eigenvalue weighted by Gasteiger charge is 2.47. The molecular formula is C18H19F2N9O2. The number of anilines is 3. The number of carbonyl (C=O) groups is 1. The summed E-state index contributed by atoms with van der Waals surface area (Å²) >= 11 is 0. The van der Waals surface area contributed by atoms with Crippen LogP contribution in [-0.4, -0.2) is 82.3 Å². The number of hydrogen-bond acceptors (Lipinski definition) is 10. The number of likely N-dealkylation sites (tertiary alicyclic amines) is 1. The zero-order chi connectivity index (χ0) is 21.8. The van der Waals surface area contributed by atoms with Gasteiger partial charge in [0.15, 0.2) is 17.2 Å². The molecule has 0 aliphatic carbocycles. The van der Waals surface area contributed by atoms with E-state index >= 15 is 0 Å². The van der Waals surface area contributed by atoms with E-state index in [-0.39, 0.29) is 23.3 Å². The maximum absolute atomic E-state index is 13.2. The molecule has 1 atom stereocenters. The summed E-state index contributed by atoms with van der Waals surface area (Å²) in [4.78, 5) is 21.6. The molecule has 0 aromatic carbocycles. The molecule has 11 nitrogen and oxygen atoms in total. The average Bonchev–Trinajstić information content (AvgIpc) is 2.77. The van der Waals surface area contributed by atoms with Crippen LogP contribution in [0.15, 0.2) is 18.5 Å². The lowest BCUT2D eigenvalue weighted by molar-refractivity contribution is -0.113. The quantitative estimate of drug-likeness (QED) is 0.587. The lowest BCUT2D eigenvalue weighted by atomic mass is 10.1. The molecule has 1 unspecified atom stereocenters. The van der Waals surface area contributed by atoms with Crippen LogP contribution in [-0.2, 0) is 4.74 Å². The molecule has 2 aliphatic heterocycles. The van der Waals surface area contributed by atoms with Gasteiger partial charge in [-0.2, -0.15) is 5.26 Å². The molecule has 13 heteroatoms. The first kappa shape index (κ1) is 20.8. The van der Waals surface area contributed by atoms with Crippen molar-refractivity contribution in [3.63, 3.8) is 0 Å². The standard InChI is InChI=1S/C18H19F2N9O2/c19-18(20)9-29(10-18)17(30)16-13(24-7-12-6-22-1-2-31-12)3-14(27-28-16)26-15-8-23-11(4-21)5-25-15/h3,5,8,12,22H,1-2,6-7,9-10H2,(H2,24,25,26,27). The van der Waals surface area contributed by atoms with Crippen molar-refractivity contribution >= 4 is 23.2 Å². The first-order valence-electron chi connectivity index (χ1n) is 9.54. The van der Waals surface area contributed by atoms with E-state index in [0.29, 0.717) is 31.2 Å². The smallest absolute Gasteiger partial charge is 0.282 e. The molecule has 2 saturated heterocycles. The van der Waals surface area contributed by atoms with E-state index in [4.69, 9.17) is 10.00 Å². The number of nitriles is 1. The second kappa shape index (κ2) is 8.70. The van der Waals surface area contributed by atoms with Crippen molar-refractivity contribution in [1.82, 2.24) is 30.4 Å². The van der Waals surface area contributed by atoms with Gasteiger partial charge in [-0.15, -0.1) is 10.2 Å². The predicted molar refractivity (Wildman–Crippen MR) is 104 cm³/mol. The van der Waals surface area contributed by atoms with Gasteiger partial charge in [-0.25, -0.2) is 18.7 Å². The van der Waals surface area contributed by atoms with E-state index in [0.717, 1.165) is 11.4 Å². The van der Waals surface area contributed by atoms with E-state index in [2.05, 4.69) is 36.1 Å². The molecule has 2 aromatic rings. The number of nitrogens with one attached hydrogen (secondary N) is 3. The fourth-order valence-corrected chi connectivity index (χ4v) is 3.11. The number of hydrogen-bond donors (Lipinski definition) is 3. The maximum atomic E-state index is 13.2. The Balaban J connectivity index is 1.53. The van der Waals surface area contributed by atoms with Crippen LogP contribution >= 0.6 is 0 Å². The average molecular weight is 431 g/mol. The lowest BCUT2D eigenvalue weighted by Gasteiger charge is -2.38. The zero-order valence-corrected chi connectivity index (χ0v) is 16.3. The number of carbonyl (C=O) groups excluding carboxylic acids is 1. The largest absolute Gasteiger partial charge is 0.380 e. The Bertz CT molecular complexity index is 983. The van der Waals surface area contributed by atoms with Crippen molar-refractivity contribution in [3.8, 4) is 6.07 Å². The number of rotatable bonds is 6. The van der Waals surface area contributed by atoms with Crippen molar-refractivity contribution in [2.24, 2.45) is 0 Å². The summed E-state index contributed by atoms with van der Waals surface area (Å²) in [6.07, 6.45) is 2.53. The molecule has 0 bridgehead atoms. The van der Waals surface area contributed by atoms with E-state index in [1.54, 1.807) is 0 Å². The fourth-order valence-electron chi connectivity index (χ4n) is 3.11. The number of halogens is 2. The van der Waals surface area contributed by atoms with E-state index in [9.17, 15) is 13.6 Å². The minimum atomic E-state index is -2.88. The Hall–Kier alpha value is -3.50. The van der Waals surface area contributed by atoms with Crippen molar-refractivity contribution < 1.29 is 18.3 Å². The SMILES string of the molecule is N#Cc1cnc(Nc2cc(NCC3CNCCO3)c(C(=O)N3CC(F)(F)C3)nn2)cn1. The van der Waals surface area contributed by atoms with Crippen molar-refractivity contribution in [2.75, 3.05) is 50.0 Å².